The molecule has 0 aromatic rings. The van der Waals surface area contributed by atoms with E-state index in [1.165, 1.54) is 0 Å². The van der Waals surface area contributed by atoms with E-state index < -0.39 is 0 Å². The van der Waals surface area contributed by atoms with E-state index in [9.17, 15) is 10.2 Å². The smallest absolute Gasteiger partial charge is 0.113 e. The number of fused-ring (bicyclic) bond motifs is 1. The lowest BCUT2D eigenvalue weighted by atomic mass is 9.97. The van der Waals surface area contributed by atoms with Crippen molar-refractivity contribution in [3.8, 4) is 0 Å². The van der Waals surface area contributed by atoms with Crippen LogP contribution in [0.5, 0.6) is 0 Å². The summed E-state index contributed by atoms with van der Waals surface area (Å²) in [5, 5.41) is 18.8. The van der Waals surface area contributed by atoms with Crippen LogP contribution in [0.3, 0.4) is 0 Å². The molecule has 2 N–H and O–H groups in total. The van der Waals surface area contributed by atoms with Crippen molar-refractivity contribution in [3.63, 3.8) is 0 Å². The zero-order valence-electron chi connectivity index (χ0n) is 6.44. The summed E-state index contributed by atoms with van der Waals surface area (Å²) in [6.07, 6.45) is 2.86. The summed E-state index contributed by atoms with van der Waals surface area (Å²) >= 11 is 0. The van der Waals surface area contributed by atoms with E-state index in [1.807, 2.05) is 0 Å². The SMILES string of the molecule is O[C@@H]1CCCC[C@H](O)[C@H]2O[C@H]21. The summed E-state index contributed by atoms with van der Waals surface area (Å²) < 4.78 is 5.16. The number of rotatable bonds is 0. The molecule has 0 aromatic carbocycles. The largest absolute Gasteiger partial charge is 0.390 e. The third-order valence-electron chi connectivity index (χ3n) is 2.57. The second-order valence-corrected chi connectivity index (χ2v) is 3.48. The van der Waals surface area contributed by atoms with E-state index in [0.717, 1.165) is 25.7 Å². The Morgan fingerprint density at radius 2 is 1.36 bits per heavy atom. The second-order valence-electron chi connectivity index (χ2n) is 3.48. The van der Waals surface area contributed by atoms with E-state index in [-0.39, 0.29) is 24.4 Å². The molecule has 0 radical (unpaired) electrons. The maximum Gasteiger partial charge on any atom is 0.113 e. The second kappa shape index (κ2) is 2.73. The normalized spacial score (nSPS) is 50.7. The van der Waals surface area contributed by atoms with Gasteiger partial charge in [-0.3, -0.25) is 0 Å². The van der Waals surface area contributed by atoms with Gasteiger partial charge in [0.15, 0.2) is 0 Å². The third kappa shape index (κ3) is 1.41. The molecular formula is C8H14O3. The first-order valence-electron chi connectivity index (χ1n) is 4.30. The van der Waals surface area contributed by atoms with Crippen LogP contribution < -0.4 is 0 Å². The lowest BCUT2D eigenvalue weighted by Crippen LogP contribution is -2.26. The van der Waals surface area contributed by atoms with Gasteiger partial charge in [-0.15, -0.1) is 0 Å². The van der Waals surface area contributed by atoms with Crippen LogP contribution in [0.2, 0.25) is 0 Å². The van der Waals surface area contributed by atoms with Crippen LogP contribution in [0, 0.1) is 0 Å². The average Bonchev–Trinajstić information content (AvgIpc) is 2.73. The molecule has 1 aliphatic heterocycles. The van der Waals surface area contributed by atoms with Crippen molar-refractivity contribution in [3.05, 3.63) is 0 Å². The van der Waals surface area contributed by atoms with Crippen molar-refractivity contribution in [1.82, 2.24) is 0 Å². The molecule has 64 valence electrons. The van der Waals surface area contributed by atoms with Gasteiger partial charge < -0.3 is 14.9 Å². The number of ether oxygens (including phenoxy) is 1. The van der Waals surface area contributed by atoms with Gasteiger partial charge in [0.05, 0.1) is 12.2 Å². The third-order valence-corrected chi connectivity index (χ3v) is 2.57. The van der Waals surface area contributed by atoms with Crippen molar-refractivity contribution in [2.45, 2.75) is 50.1 Å². The summed E-state index contributed by atoms with van der Waals surface area (Å²) in [5.74, 6) is 0. The lowest BCUT2D eigenvalue weighted by Gasteiger charge is -2.13. The van der Waals surface area contributed by atoms with Crippen LogP contribution in [0.25, 0.3) is 0 Å². The first-order chi connectivity index (χ1) is 5.29. The van der Waals surface area contributed by atoms with Gasteiger partial charge in [-0.2, -0.15) is 0 Å². The van der Waals surface area contributed by atoms with E-state index >= 15 is 0 Å². The van der Waals surface area contributed by atoms with Gasteiger partial charge in [0.25, 0.3) is 0 Å². The minimum Gasteiger partial charge on any atom is -0.390 e. The molecule has 0 unspecified atom stereocenters. The predicted octanol–water partition coefficient (Wildman–Crippen LogP) is 0.0496. The zero-order valence-corrected chi connectivity index (χ0v) is 6.44. The Bertz CT molecular complexity index is 132. The van der Waals surface area contributed by atoms with E-state index in [4.69, 9.17) is 4.74 Å². The van der Waals surface area contributed by atoms with E-state index in [1.54, 1.807) is 0 Å². The predicted molar refractivity (Wildman–Crippen MR) is 39.1 cm³/mol. The van der Waals surface area contributed by atoms with E-state index in [0.29, 0.717) is 0 Å². The number of hydrogen-bond donors (Lipinski definition) is 2. The molecule has 0 spiro atoms. The van der Waals surface area contributed by atoms with Gasteiger partial charge in [-0.1, -0.05) is 12.8 Å². The fourth-order valence-corrected chi connectivity index (χ4v) is 1.79. The maximum absolute atomic E-state index is 9.41. The van der Waals surface area contributed by atoms with Crippen molar-refractivity contribution in [2.24, 2.45) is 0 Å². The maximum atomic E-state index is 9.41. The van der Waals surface area contributed by atoms with Crippen molar-refractivity contribution < 1.29 is 14.9 Å². The number of epoxide rings is 1. The quantitative estimate of drug-likeness (QED) is 0.490. The minimum absolute atomic E-state index is 0.0645. The van der Waals surface area contributed by atoms with Crippen molar-refractivity contribution in [2.75, 3.05) is 0 Å². The summed E-state index contributed by atoms with van der Waals surface area (Å²) in [7, 11) is 0. The summed E-state index contributed by atoms with van der Waals surface area (Å²) in [5.41, 5.74) is 0. The van der Waals surface area contributed by atoms with Crippen LogP contribution in [0.4, 0.5) is 0 Å². The average molecular weight is 158 g/mol. The van der Waals surface area contributed by atoms with Crippen molar-refractivity contribution in [1.29, 1.82) is 0 Å². The fraction of sp³-hybridized carbons (Fsp3) is 1.00. The molecule has 2 rings (SSSR count). The molecule has 1 saturated heterocycles. The standard InChI is InChI=1S/C8H14O3/c9-5-3-1-2-4-6(10)8-7(5)11-8/h5-10H,1-4H2/t5-,6+,7+,8-. The molecule has 1 heterocycles. The number of hydrogen-bond acceptors (Lipinski definition) is 3. The molecule has 2 fully saturated rings. The van der Waals surface area contributed by atoms with Gasteiger partial charge in [-0.25, -0.2) is 0 Å². The monoisotopic (exact) mass is 158 g/mol. The summed E-state index contributed by atoms with van der Waals surface area (Å²) in [6, 6.07) is 0. The highest BCUT2D eigenvalue weighted by atomic mass is 16.6. The van der Waals surface area contributed by atoms with E-state index in [2.05, 4.69) is 0 Å². The zero-order chi connectivity index (χ0) is 7.84. The summed E-state index contributed by atoms with van der Waals surface area (Å²) in [6.45, 7) is 0. The van der Waals surface area contributed by atoms with Gasteiger partial charge in [-0.05, 0) is 12.8 Å². The highest BCUT2D eigenvalue weighted by Crippen LogP contribution is 2.34. The highest BCUT2D eigenvalue weighted by Gasteiger charge is 2.48. The Balaban J connectivity index is 1.94. The molecule has 0 amide bonds. The van der Waals surface area contributed by atoms with Gasteiger partial charge in [0.2, 0.25) is 0 Å². The van der Waals surface area contributed by atoms with Crippen LogP contribution >= 0.6 is 0 Å². The first-order valence-corrected chi connectivity index (χ1v) is 4.30. The molecule has 0 aromatic heterocycles. The topological polar surface area (TPSA) is 53.0 Å². The molecule has 1 saturated carbocycles. The minimum atomic E-state index is -0.338. The molecule has 11 heavy (non-hydrogen) atoms. The molecule has 3 heteroatoms. The van der Waals surface area contributed by atoms with Crippen LogP contribution in [0.1, 0.15) is 25.7 Å². The first kappa shape index (κ1) is 7.53. The van der Waals surface area contributed by atoms with Crippen LogP contribution in [-0.4, -0.2) is 34.6 Å². The molecule has 0 bridgehead atoms. The fourth-order valence-electron chi connectivity index (χ4n) is 1.79. The molecular weight excluding hydrogens is 144 g/mol. The van der Waals surface area contributed by atoms with Crippen LogP contribution in [-0.2, 0) is 4.74 Å². The molecule has 1 aliphatic carbocycles. The molecule has 2 aliphatic rings. The number of aliphatic hydroxyl groups excluding tert-OH is 2. The lowest BCUT2D eigenvalue weighted by molar-refractivity contribution is 0.112. The Morgan fingerprint density at radius 1 is 0.909 bits per heavy atom. The molecule has 4 atom stereocenters. The van der Waals surface area contributed by atoms with Gasteiger partial charge >= 0.3 is 0 Å². The summed E-state index contributed by atoms with van der Waals surface area (Å²) in [4.78, 5) is 0. The van der Waals surface area contributed by atoms with Gasteiger partial charge in [0.1, 0.15) is 12.2 Å². The van der Waals surface area contributed by atoms with Crippen LogP contribution in [0.15, 0.2) is 0 Å². The highest BCUT2D eigenvalue weighted by molar-refractivity contribution is 4.96. The Kier molecular flexibility index (Phi) is 1.87. The Labute approximate surface area is 66.0 Å². The molecule has 3 nitrogen and oxygen atoms in total. The number of aliphatic hydroxyl groups is 2. The van der Waals surface area contributed by atoms with Gasteiger partial charge in [0, 0.05) is 0 Å². The van der Waals surface area contributed by atoms with Crippen molar-refractivity contribution >= 4 is 0 Å². The Morgan fingerprint density at radius 3 is 1.82 bits per heavy atom. The Hall–Kier alpha value is -0.120.